The average Bonchev–Trinajstić information content (AvgIpc) is 3.44. The van der Waals surface area contributed by atoms with Crippen molar-refractivity contribution < 1.29 is 5.11 Å². The molecule has 2 aliphatic heterocycles. The first-order valence-electron chi connectivity index (χ1n) is 10.5. The third-order valence-electron chi connectivity index (χ3n) is 7.33. The highest BCUT2D eigenvalue weighted by atomic mass is 16.3. The fourth-order valence-electron chi connectivity index (χ4n) is 5.94. The van der Waals surface area contributed by atoms with E-state index in [4.69, 9.17) is 0 Å². The number of piperazine rings is 1. The molecule has 1 aromatic heterocycles. The molecule has 2 saturated heterocycles. The van der Waals surface area contributed by atoms with Crippen LogP contribution in [0.25, 0.3) is 0 Å². The molecule has 4 fully saturated rings. The topological polar surface area (TPSA) is 55.7 Å². The summed E-state index contributed by atoms with van der Waals surface area (Å²) in [5, 5.41) is 9.59. The van der Waals surface area contributed by atoms with Gasteiger partial charge in [0.2, 0.25) is 0 Å². The minimum Gasteiger partial charge on any atom is -0.394 e. The van der Waals surface area contributed by atoms with Gasteiger partial charge in [0.05, 0.1) is 12.6 Å². The van der Waals surface area contributed by atoms with Gasteiger partial charge in [-0.2, -0.15) is 0 Å². The first-order chi connectivity index (χ1) is 12.8. The van der Waals surface area contributed by atoms with Crippen molar-refractivity contribution >= 4 is 11.6 Å². The number of nitrogens with zero attached hydrogens (tertiary/aromatic N) is 5. The maximum absolute atomic E-state index is 9.59. The van der Waals surface area contributed by atoms with Crippen LogP contribution in [-0.4, -0.2) is 71.4 Å². The molecule has 1 N–H and O–H groups in total. The van der Waals surface area contributed by atoms with Gasteiger partial charge >= 0.3 is 0 Å². The number of aliphatic hydroxyl groups excluding tert-OH is 1. The molecule has 0 amide bonds. The summed E-state index contributed by atoms with van der Waals surface area (Å²) in [5.41, 5.74) is 0. The predicted octanol–water partition coefficient (Wildman–Crippen LogP) is 1.75. The lowest BCUT2D eigenvalue weighted by Crippen LogP contribution is -2.52. The minimum absolute atomic E-state index is 0.210. The minimum atomic E-state index is 0.210. The van der Waals surface area contributed by atoms with Crippen LogP contribution in [0.1, 0.15) is 38.5 Å². The Balaban J connectivity index is 1.23. The van der Waals surface area contributed by atoms with Gasteiger partial charge in [-0.1, -0.05) is 6.42 Å². The fourth-order valence-corrected chi connectivity index (χ4v) is 5.94. The molecule has 4 unspecified atom stereocenters. The average molecular weight is 358 g/mol. The first-order valence-corrected chi connectivity index (χ1v) is 10.5. The monoisotopic (exact) mass is 357 g/mol. The molecule has 4 atom stereocenters. The summed E-state index contributed by atoms with van der Waals surface area (Å²) in [6.07, 6.45) is 9.76. The number of hydrogen-bond donors (Lipinski definition) is 1. The normalized spacial score (nSPS) is 34.8. The van der Waals surface area contributed by atoms with E-state index in [1.54, 1.807) is 6.33 Å². The fraction of sp³-hybridized carbons (Fsp3) is 0.800. The maximum atomic E-state index is 9.59. The highest BCUT2D eigenvalue weighted by Gasteiger charge is 2.42. The molecule has 0 radical (unpaired) electrons. The van der Waals surface area contributed by atoms with Crippen LogP contribution in [-0.2, 0) is 0 Å². The van der Waals surface area contributed by atoms with Gasteiger partial charge in [-0.05, 0) is 43.9 Å². The Labute approximate surface area is 156 Å². The summed E-state index contributed by atoms with van der Waals surface area (Å²) in [4.78, 5) is 16.5. The number of anilines is 2. The summed E-state index contributed by atoms with van der Waals surface area (Å²) >= 11 is 0. The van der Waals surface area contributed by atoms with Gasteiger partial charge in [0.25, 0.3) is 0 Å². The molecule has 2 bridgehead atoms. The van der Waals surface area contributed by atoms with Crippen LogP contribution in [0.3, 0.4) is 0 Å². The van der Waals surface area contributed by atoms with Crippen molar-refractivity contribution in [2.24, 2.45) is 11.8 Å². The molecule has 3 heterocycles. The largest absolute Gasteiger partial charge is 0.394 e. The van der Waals surface area contributed by atoms with Crippen molar-refractivity contribution in [3.63, 3.8) is 0 Å². The van der Waals surface area contributed by atoms with Gasteiger partial charge < -0.3 is 14.9 Å². The second-order valence-electron chi connectivity index (χ2n) is 8.67. The summed E-state index contributed by atoms with van der Waals surface area (Å²) < 4.78 is 0. The Morgan fingerprint density at radius 3 is 2.54 bits per heavy atom. The lowest BCUT2D eigenvalue weighted by atomic mass is 9.93. The van der Waals surface area contributed by atoms with Crippen molar-refractivity contribution in [1.29, 1.82) is 0 Å². The number of hydrogen-bond acceptors (Lipinski definition) is 6. The van der Waals surface area contributed by atoms with Crippen LogP contribution in [0, 0.1) is 11.8 Å². The SMILES string of the molecule is OCC1CCCN1c1cc(N2CCN(C3CC4CCC3C4)CC2)ncn1. The Hall–Kier alpha value is -1.40. The summed E-state index contributed by atoms with van der Waals surface area (Å²) in [7, 11) is 0. The van der Waals surface area contributed by atoms with Crippen molar-refractivity contribution in [3.05, 3.63) is 12.4 Å². The molecular weight excluding hydrogens is 326 g/mol. The molecule has 2 aliphatic carbocycles. The summed E-state index contributed by atoms with van der Waals surface area (Å²) in [6, 6.07) is 3.19. The zero-order valence-corrected chi connectivity index (χ0v) is 15.6. The van der Waals surface area contributed by atoms with Crippen LogP contribution >= 0.6 is 0 Å². The second kappa shape index (κ2) is 6.97. The van der Waals surface area contributed by atoms with Crippen LogP contribution in [0.2, 0.25) is 0 Å². The third-order valence-corrected chi connectivity index (χ3v) is 7.33. The van der Waals surface area contributed by atoms with Crippen molar-refractivity contribution in [3.8, 4) is 0 Å². The Morgan fingerprint density at radius 2 is 1.81 bits per heavy atom. The molecule has 0 aromatic carbocycles. The summed E-state index contributed by atoms with van der Waals surface area (Å²) in [6.45, 7) is 5.65. The quantitative estimate of drug-likeness (QED) is 0.886. The van der Waals surface area contributed by atoms with E-state index in [9.17, 15) is 5.11 Å². The van der Waals surface area contributed by atoms with Crippen LogP contribution in [0.5, 0.6) is 0 Å². The first kappa shape index (κ1) is 16.8. The van der Waals surface area contributed by atoms with Crippen LogP contribution in [0.15, 0.2) is 12.4 Å². The molecule has 0 spiro atoms. The van der Waals surface area contributed by atoms with Gasteiger partial charge in [-0.25, -0.2) is 9.97 Å². The Morgan fingerprint density at radius 1 is 0.962 bits per heavy atom. The van der Waals surface area contributed by atoms with E-state index in [0.717, 1.165) is 75.1 Å². The van der Waals surface area contributed by atoms with Gasteiger partial charge in [-0.15, -0.1) is 0 Å². The predicted molar refractivity (Wildman–Crippen MR) is 103 cm³/mol. The molecule has 26 heavy (non-hydrogen) atoms. The van der Waals surface area contributed by atoms with Gasteiger partial charge in [0.1, 0.15) is 18.0 Å². The molecule has 1 aromatic rings. The van der Waals surface area contributed by atoms with E-state index < -0.39 is 0 Å². The van der Waals surface area contributed by atoms with Crippen molar-refractivity contribution in [1.82, 2.24) is 14.9 Å². The highest BCUT2D eigenvalue weighted by molar-refractivity contribution is 5.51. The molecule has 2 saturated carbocycles. The Bertz CT molecular complexity index is 632. The van der Waals surface area contributed by atoms with E-state index in [-0.39, 0.29) is 12.6 Å². The van der Waals surface area contributed by atoms with Crippen LogP contribution in [0.4, 0.5) is 11.6 Å². The van der Waals surface area contributed by atoms with Gasteiger partial charge in [0.15, 0.2) is 0 Å². The van der Waals surface area contributed by atoms with Gasteiger partial charge in [-0.3, -0.25) is 4.90 Å². The van der Waals surface area contributed by atoms with Crippen molar-refractivity contribution in [2.45, 2.75) is 50.6 Å². The number of rotatable bonds is 4. The lowest BCUT2D eigenvalue weighted by Gasteiger charge is -2.41. The van der Waals surface area contributed by atoms with Gasteiger partial charge in [0, 0.05) is 44.8 Å². The summed E-state index contributed by atoms with van der Waals surface area (Å²) in [5.74, 6) is 4.02. The van der Waals surface area contributed by atoms with E-state index in [2.05, 4.69) is 30.7 Å². The highest BCUT2D eigenvalue weighted by Crippen LogP contribution is 2.46. The molecular formula is C20H31N5O. The van der Waals surface area contributed by atoms with E-state index in [1.807, 2.05) is 0 Å². The Kier molecular flexibility index (Phi) is 4.49. The number of fused-ring (bicyclic) bond motifs is 2. The molecule has 6 heteroatoms. The maximum Gasteiger partial charge on any atom is 0.134 e. The number of aliphatic hydroxyl groups is 1. The number of aromatic nitrogens is 2. The zero-order chi connectivity index (χ0) is 17.5. The van der Waals surface area contributed by atoms with E-state index in [0.29, 0.717) is 0 Å². The van der Waals surface area contributed by atoms with Crippen molar-refractivity contribution in [2.75, 3.05) is 49.1 Å². The smallest absolute Gasteiger partial charge is 0.134 e. The molecule has 4 aliphatic rings. The standard InChI is InChI=1S/C20H31N5O/c26-13-17-2-1-5-25(17)20-12-19(21-14-22-20)24-8-6-23(7-9-24)18-11-15-3-4-16(18)10-15/h12,14-18,26H,1-11,13H2. The van der Waals surface area contributed by atoms with E-state index in [1.165, 1.54) is 25.7 Å². The second-order valence-corrected chi connectivity index (χ2v) is 8.67. The third kappa shape index (κ3) is 2.97. The molecule has 142 valence electrons. The lowest BCUT2D eigenvalue weighted by molar-refractivity contribution is 0.134. The molecule has 5 rings (SSSR count). The van der Waals surface area contributed by atoms with Crippen LogP contribution < -0.4 is 9.80 Å². The van der Waals surface area contributed by atoms with E-state index >= 15 is 0 Å². The zero-order valence-electron chi connectivity index (χ0n) is 15.6. The molecule has 6 nitrogen and oxygen atoms in total.